The molecule has 0 atom stereocenters. The second-order valence-corrected chi connectivity index (χ2v) is 11.6. The first kappa shape index (κ1) is 34.2. The Morgan fingerprint density at radius 1 is 0.977 bits per heavy atom. The zero-order valence-electron chi connectivity index (χ0n) is 26.8. The number of halogens is 1. The number of nitriles is 1. The summed E-state index contributed by atoms with van der Waals surface area (Å²) in [5.74, 6) is 1.01. The number of anilines is 1. The van der Waals surface area contributed by atoms with E-state index in [9.17, 15) is 0 Å². The molecule has 0 amide bonds. The van der Waals surface area contributed by atoms with Crippen LogP contribution in [0.5, 0.6) is 0 Å². The van der Waals surface area contributed by atoms with Crippen molar-refractivity contribution in [3.8, 4) is 6.07 Å². The molecule has 3 heterocycles. The Morgan fingerprint density at radius 3 is 2.16 bits per heavy atom. The lowest BCUT2D eigenvalue weighted by Crippen LogP contribution is -2.46. The Hall–Kier alpha value is -3.34. The number of aliphatic imine (C=N–C) groups is 2. The van der Waals surface area contributed by atoms with Crippen molar-refractivity contribution in [1.82, 2.24) is 14.7 Å². The molecule has 0 bridgehead atoms. The van der Waals surface area contributed by atoms with Gasteiger partial charge in [-0.1, -0.05) is 56.3 Å². The van der Waals surface area contributed by atoms with Crippen molar-refractivity contribution in [1.29, 1.82) is 5.26 Å². The molecule has 0 aromatic heterocycles. The molecule has 2 aromatic carbocycles. The Balaban J connectivity index is 0.000000486. The second kappa shape index (κ2) is 17.7. The van der Waals surface area contributed by atoms with Crippen LogP contribution in [0, 0.1) is 11.3 Å². The van der Waals surface area contributed by atoms with Gasteiger partial charge in [0.25, 0.3) is 0 Å². The van der Waals surface area contributed by atoms with Crippen LogP contribution in [0.1, 0.15) is 52.9 Å². The fourth-order valence-corrected chi connectivity index (χ4v) is 6.12. The van der Waals surface area contributed by atoms with Gasteiger partial charge >= 0.3 is 0 Å². The summed E-state index contributed by atoms with van der Waals surface area (Å²) >= 11 is 6.64. The van der Waals surface area contributed by atoms with Crippen molar-refractivity contribution < 1.29 is 0 Å². The number of allylic oxidation sites excluding steroid dienone is 1. The summed E-state index contributed by atoms with van der Waals surface area (Å²) in [5.41, 5.74) is 4.76. The minimum absolute atomic E-state index is 0.755. The molecular formula is C35H50ClN7. The van der Waals surface area contributed by atoms with Gasteiger partial charge in [0.05, 0.1) is 23.3 Å². The van der Waals surface area contributed by atoms with Crippen LogP contribution < -0.4 is 4.90 Å². The SMILES string of the molecule is C=N/C(=C1/CCN(c2cccc3cccc(Cl)c23)CC1=NCCC)N1CCN(C(=C)CC)CC1.CC#N.CN1CCCC1. The van der Waals surface area contributed by atoms with Crippen LogP contribution in [0.25, 0.3) is 10.8 Å². The standard InChI is InChI=1S/C28H36ClN5.C5H11N.C2H3N/c1-5-14-31-25-20-34(26-12-8-10-22-9-7-11-24(29)27(22)26)15-13-23(25)28(30-4)33-18-16-32(17-19-33)21(3)6-2;1-6-4-2-3-5-6;1-2-3/h7-12H,3-6,13-20H2,1-2H3;2-5H2,1H3;1H3/b28-23+,31-25?;;. The van der Waals surface area contributed by atoms with Crippen LogP contribution in [0.15, 0.2) is 70.1 Å². The molecular weight excluding hydrogens is 554 g/mol. The molecule has 0 N–H and O–H groups in total. The van der Waals surface area contributed by atoms with Crippen LogP contribution in [0.4, 0.5) is 5.69 Å². The topological polar surface area (TPSA) is 61.5 Å². The number of piperazine rings is 1. The summed E-state index contributed by atoms with van der Waals surface area (Å²) < 4.78 is 0. The van der Waals surface area contributed by atoms with Gasteiger partial charge in [-0.25, -0.2) is 4.99 Å². The second-order valence-electron chi connectivity index (χ2n) is 11.2. The minimum Gasteiger partial charge on any atom is -0.372 e. The number of benzene rings is 2. The molecule has 7 nitrogen and oxygen atoms in total. The molecule has 3 fully saturated rings. The van der Waals surface area contributed by atoms with Crippen molar-refractivity contribution in [3.63, 3.8) is 0 Å². The van der Waals surface area contributed by atoms with E-state index in [-0.39, 0.29) is 0 Å². The van der Waals surface area contributed by atoms with E-state index in [1.165, 1.54) is 55.2 Å². The van der Waals surface area contributed by atoms with Gasteiger partial charge in [0, 0.05) is 68.5 Å². The quantitative estimate of drug-likeness (QED) is 0.312. The lowest BCUT2D eigenvalue weighted by Gasteiger charge is -2.40. The summed E-state index contributed by atoms with van der Waals surface area (Å²) in [6, 6.07) is 14.3. The number of nitrogens with zero attached hydrogens (tertiary/aromatic N) is 7. The first-order chi connectivity index (χ1) is 20.9. The summed E-state index contributed by atoms with van der Waals surface area (Å²) in [6.07, 6.45) is 5.73. The molecule has 232 valence electrons. The number of fused-ring (bicyclic) bond motifs is 1. The van der Waals surface area contributed by atoms with E-state index in [0.717, 1.165) is 87.0 Å². The highest BCUT2D eigenvalue weighted by Gasteiger charge is 2.28. The predicted octanol–water partition coefficient (Wildman–Crippen LogP) is 7.25. The predicted molar refractivity (Wildman–Crippen MR) is 186 cm³/mol. The molecule has 0 spiro atoms. The molecule has 3 aliphatic heterocycles. The maximum absolute atomic E-state index is 7.32. The maximum atomic E-state index is 7.32. The van der Waals surface area contributed by atoms with E-state index >= 15 is 0 Å². The molecule has 0 saturated carbocycles. The van der Waals surface area contributed by atoms with E-state index < -0.39 is 0 Å². The zero-order valence-corrected chi connectivity index (χ0v) is 27.5. The smallest absolute Gasteiger partial charge is 0.133 e. The first-order valence-corrected chi connectivity index (χ1v) is 16.1. The van der Waals surface area contributed by atoms with E-state index in [4.69, 9.17) is 21.9 Å². The molecule has 0 radical (unpaired) electrons. The average Bonchev–Trinajstić information content (AvgIpc) is 3.52. The maximum Gasteiger partial charge on any atom is 0.133 e. The van der Waals surface area contributed by atoms with Crippen molar-refractivity contribution in [2.24, 2.45) is 9.98 Å². The lowest BCUT2D eigenvalue weighted by molar-refractivity contribution is 0.187. The monoisotopic (exact) mass is 603 g/mol. The highest BCUT2D eigenvalue weighted by atomic mass is 35.5. The molecule has 5 rings (SSSR count). The number of hydrogen-bond donors (Lipinski definition) is 0. The lowest BCUT2D eigenvalue weighted by atomic mass is 9.98. The van der Waals surface area contributed by atoms with Gasteiger partial charge in [0.2, 0.25) is 0 Å². The first-order valence-electron chi connectivity index (χ1n) is 15.7. The number of hydrogen-bond acceptors (Lipinski definition) is 7. The molecule has 0 aliphatic carbocycles. The largest absolute Gasteiger partial charge is 0.372 e. The van der Waals surface area contributed by atoms with E-state index in [0.29, 0.717) is 0 Å². The average molecular weight is 604 g/mol. The van der Waals surface area contributed by atoms with Crippen molar-refractivity contribution in [2.45, 2.75) is 52.9 Å². The Bertz CT molecular complexity index is 1310. The van der Waals surface area contributed by atoms with Crippen molar-refractivity contribution >= 4 is 40.5 Å². The third kappa shape index (κ3) is 9.32. The molecule has 0 unspecified atom stereocenters. The van der Waals surface area contributed by atoms with Gasteiger partial charge < -0.3 is 19.6 Å². The Morgan fingerprint density at radius 2 is 1.60 bits per heavy atom. The fourth-order valence-electron chi connectivity index (χ4n) is 5.84. The van der Waals surface area contributed by atoms with Crippen molar-refractivity contribution in [2.75, 3.05) is 70.9 Å². The summed E-state index contributed by atoms with van der Waals surface area (Å²) in [4.78, 5) is 19.1. The third-order valence-electron chi connectivity index (χ3n) is 8.20. The fraction of sp³-hybridized carbons (Fsp3) is 0.514. The van der Waals surface area contributed by atoms with Crippen molar-refractivity contribution in [3.05, 3.63) is 65.1 Å². The highest BCUT2D eigenvalue weighted by molar-refractivity contribution is 6.36. The van der Waals surface area contributed by atoms with Crippen LogP contribution in [0.3, 0.4) is 0 Å². The summed E-state index contributed by atoms with van der Waals surface area (Å²) in [5, 5.41) is 10.4. The highest BCUT2D eigenvalue weighted by Crippen LogP contribution is 2.35. The molecule has 8 heteroatoms. The van der Waals surface area contributed by atoms with Crippen LogP contribution >= 0.6 is 11.6 Å². The van der Waals surface area contributed by atoms with Crippen LogP contribution in [-0.4, -0.2) is 93.1 Å². The van der Waals surface area contributed by atoms with Crippen LogP contribution in [-0.2, 0) is 0 Å². The van der Waals surface area contributed by atoms with Gasteiger partial charge in [-0.05, 0) is 76.5 Å². The number of rotatable bonds is 7. The molecule has 3 aliphatic rings. The van der Waals surface area contributed by atoms with E-state index in [2.05, 4.69) is 83.0 Å². The minimum atomic E-state index is 0.755. The number of likely N-dealkylation sites (tertiary alicyclic amines) is 1. The Kier molecular flexibility index (Phi) is 14.1. The third-order valence-corrected chi connectivity index (χ3v) is 8.52. The number of piperidine rings is 1. The summed E-state index contributed by atoms with van der Waals surface area (Å²) in [7, 11) is 2.17. The van der Waals surface area contributed by atoms with E-state index in [1.807, 2.05) is 12.1 Å². The molecule has 43 heavy (non-hydrogen) atoms. The van der Waals surface area contributed by atoms with Gasteiger partial charge in [-0.3, -0.25) is 4.99 Å². The zero-order chi connectivity index (χ0) is 31.2. The molecule has 3 saturated heterocycles. The normalized spacial score (nSPS) is 19.3. The van der Waals surface area contributed by atoms with Crippen LogP contribution in [0.2, 0.25) is 5.02 Å². The summed E-state index contributed by atoms with van der Waals surface area (Å²) in [6.45, 7) is 22.9. The van der Waals surface area contributed by atoms with Gasteiger partial charge in [-0.15, -0.1) is 0 Å². The molecule has 2 aromatic rings. The van der Waals surface area contributed by atoms with Gasteiger partial charge in [-0.2, -0.15) is 5.26 Å². The van der Waals surface area contributed by atoms with Gasteiger partial charge in [0.15, 0.2) is 0 Å². The Labute approximate surface area is 264 Å². The van der Waals surface area contributed by atoms with E-state index in [1.54, 1.807) is 6.07 Å². The van der Waals surface area contributed by atoms with Gasteiger partial charge in [0.1, 0.15) is 5.82 Å².